The third-order valence-corrected chi connectivity index (χ3v) is 4.83. The lowest BCUT2D eigenvalue weighted by molar-refractivity contribution is -0.278. The van der Waals surface area contributed by atoms with Crippen molar-refractivity contribution in [3.63, 3.8) is 0 Å². The third kappa shape index (κ3) is 9.06. The number of aliphatic hydroxyl groups is 1. The number of aliphatic imine (C=N–C) groups is 1. The molecule has 0 bridgehead atoms. The first-order chi connectivity index (χ1) is 15.8. The second kappa shape index (κ2) is 13.9. The van der Waals surface area contributed by atoms with E-state index in [0.29, 0.717) is 12.4 Å². The highest BCUT2D eigenvalue weighted by molar-refractivity contribution is 5.79. The van der Waals surface area contributed by atoms with E-state index in [9.17, 15) is 14.7 Å². The Balaban J connectivity index is 2.09. The molecule has 5 N–H and O–H groups in total. The molecule has 1 amide bonds. The van der Waals surface area contributed by atoms with Gasteiger partial charge < -0.3 is 40.2 Å². The van der Waals surface area contributed by atoms with Crippen LogP contribution in [0, 0.1) is 0 Å². The summed E-state index contributed by atoms with van der Waals surface area (Å²) in [7, 11) is 0. The number of hydrogen-bond donors (Lipinski definition) is 4. The van der Waals surface area contributed by atoms with E-state index in [1.807, 2.05) is 30.3 Å². The van der Waals surface area contributed by atoms with Crippen molar-refractivity contribution in [1.82, 2.24) is 5.32 Å². The molecule has 11 nitrogen and oxygen atoms in total. The fourth-order valence-corrected chi connectivity index (χ4v) is 3.34. The highest BCUT2D eigenvalue weighted by Gasteiger charge is 2.47. The van der Waals surface area contributed by atoms with Crippen molar-refractivity contribution in [3.05, 3.63) is 35.9 Å². The number of carbonyl (C=O) groups excluding carboxylic acids is 1. The van der Waals surface area contributed by atoms with Crippen molar-refractivity contribution in [2.24, 2.45) is 10.7 Å². The molecule has 0 aliphatic carbocycles. The molecule has 1 saturated heterocycles. The summed E-state index contributed by atoms with van der Waals surface area (Å²) in [5, 5.41) is 22.7. The predicted octanol–water partition coefficient (Wildman–Crippen LogP) is 0.0473. The number of ether oxygens (including phenoxy) is 4. The minimum Gasteiger partial charge on any atom is -0.480 e. The van der Waals surface area contributed by atoms with E-state index in [0.717, 1.165) is 5.56 Å². The molecular formula is C22H33N3O8. The van der Waals surface area contributed by atoms with E-state index < -0.39 is 49.1 Å². The highest BCUT2D eigenvalue weighted by atomic mass is 16.7. The summed E-state index contributed by atoms with van der Waals surface area (Å²) in [5.41, 5.74) is 6.43. The van der Waals surface area contributed by atoms with Crippen molar-refractivity contribution in [2.45, 2.75) is 57.5 Å². The van der Waals surface area contributed by atoms with Gasteiger partial charge >= 0.3 is 5.97 Å². The topological polar surface area (TPSA) is 162 Å². The minimum absolute atomic E-state index is 0.0116. The van der Waals surface area contributed by atoms with E-state index in [1.54, 1.807) is 13.8 Å². The minimum atomic E-state index is -1.27. The molecule has 0 radical (unpaired) electrons. The van der Waals surface area contributed by atoms with Gasteiger partial charge in [0.05, 0.1) is 19.0 Å². The van der Waals surface area contributed by atoms with Crippen molar-refractivity contribution < 1.29 is 38.7 Å². The summed E-state index contributed by atoms with van der Waals surface area (Å²) < 4.78 is 22.7. The maximum absolute atomic E-state index is 12.4. The normalized spacial score (nSPS) is 25.5. The lowest BCUT2D eigenvalue weighted by Crippen LogP contribution is -2.65. The van der Waals surface area contributed by atoms with Gasteiger partial charge in [0.2, 0.25) is 5.91 Å². The molecule has 184 valence electrons. The van der Waals surface area contributed by atoms with Crippen LogP contribution >= 0.6 is 0 Å². The first-order valence-electron chi connectivity index (χ1n) is 10.8. The fraction of sp³-hybridized carbons (Fsp3) is 0.591. The van der Waals surface area contributed by atoms with Gasteiger partial charge in [-0.1, -0.05) is 30.3 Å². The number of carboxylic acid groups (broad SMARTS) is 1. The number of benzene rings is 1. The van der Waals surface area contributed by atoms with E-state index in [1.165, 1.54) is 0 Å². The van der Waals surface area contributed by atoms with E-state index in [-0.39, 0.29) is 26.2 Å². The van der Waals surface area contributed by atoms with Crippen molar-refractivity contribution in [2.75, 3.05) is 26.4 Å². The molecule has 0 aromatic heterocycles. The Morgan fingerprint density at radius 3 is 2.61 bits per heavy atom. The smallest absolute Gasteiger partial charge is 0.329 e. The van der Waals surface area contributed by atoms with E-state index in [4.69, 9.17) is 29.8 Å². The highest BCUT2D eigenvalue weighted by Crippen LogP contribution is 2.25. The molecule has 1 aliphatic rings. The van der Waals surface area contributed by atoms with Gasteiger partial charge in [0, 0.05) is 19.6 Å². The van der Waals surface area contributed by atoms with Gasteiger partial charge in [-0.15, -0.1) is 0 Å². The zero-order valence-electron chi connectivity index (χ0n) is 18.9. The molecule has 1 aromatic rings. The third-order valence-electron chi connectivity index (χ3n) is 4.83. The van der Waals surface area contributed by atoms with Crippen LogP contribution < -0.4 is 11.1 Å². The Hall–Kier alpha value is -2.57. The molecule has 0 spiro atoms. The van der Waals surface area contributed by atoms with Crippen LogP contribution in [0.4, 0.5) is 0 Å². The number of amides is 1. The number of carbonyl (C=O) groups is 2. The van der Waals surface area contributed by atoms with Crippen LogP contribution in [0.5, 0.6) is 0 Å². The van der Waals surface area contributed by atoms with Crippen molar-refractivity contribution in [1.29, 1.82) is 0 Å². The number of aliphatic carboxylic acids is 1. The SMILES string of the molecule is CCO[C@@H]1O[C@H](COCc2ccccc2)[C@@H](O)[C@H](OCC(=O)O)C1NC(=O)CCN=C(C)N. The maximum Gasteiger partial charge on any atom is 0.329 e. The quantitative estimate of drug-likeness (QED) is 0.232. The number of amidine groups is 1. The summed E-state index contributed by atoms with van der Waals surface area (Å²) >= 11 is 0. The van der Waals surface area contributed by atoms with Crippen LogP contribution in [-0.2, 0) is 35.1 Å². The lowest BCUT2D eigenvalue weighted by Gasteiger charge is -2.44. The summed E-state index contributed by atoms with van der Waals surface area (Å²) in [6.07, 6.45) is -4.17. The Morgan fingerprint density at radius 1 is 1.24 bits per heavy atom. The number of nitrogens with one attached hydrogen (secondary N) is 1. The molecule has 1 aliphatic heterocycles. The van der Waals surface area contributed by atoms with Crippen LogP contribution in [0.3, 0.4) is 0 Å². The van der Waals surface area contributed by atoms with Gasteiger partial charge in [-0.25, -0.2) is 4.79 Å². The van der Waals surface area contributed by atoms with Gasteiger partial charge in [0.15, 0.2) is 6.29 Å². The monoisotopic (exact) mass is 467 g/mol. The molecule has 2 rings (SSSR count). The first kappa shape index (κ1) is 26.7. The molecule has 1 unspecified atom stereocenters. The molecule has 0 saturated carbocycles. The molecule has 1 heterocycles. The Kier molecular flexibility index (Phi) is 11.2. The maximum atomic E-state index is 12.4. The van der Waals surface area contributed by atoms with Gasteiger partial charge in [0.25, 0.3) is 0 Å². The second-order valence-corrected chi connectivity index (χ2v) is 7.53. The van der Waals surface area contributed by atoms with Crippen molar-refractivity contribution in [3.8, 4) is 0 Å². The largest absolute Gasteiger partial charge is 0.480 e. The zero-order valence-corrected chi connectivity index (χ0v) is 18.9. The Labute approximate surface area is 192 Å². The number of rotatable bonds is 13. The first-order valence-corrected chi connectivity index (χ1v) is 10.8. The van der Waals surface area contributed by atoms with Crippen LogP contribution in [0.25, 0.3) is 0 Å². The number of carboxylic acids is 1. The van der Waals surface area contributed by atoms with E-state index >= 15 is 0 Å². The van der Waals surface area contributed by atoms with Crippen molar-refractivity contribution >= 4 is 17.7 Å². The molecule has 1 fully saturated rings. The standard InChI is InChI=1S/C22H33N3O8/c1-3-31-22-19(25-17(26)9-10-24-14(2)23)21(32-13-18(27)28)20(29)16(33-22)12-30-11-15-7-5-4-6-8-15/h4-8,16,19-22,29H,3,9-13H2,1-2H3,(H2,23,24)(H,25,26)(H,27,28)/t16-,19?,20-,21-,22-/m1/s1. The second-order valence-electron chi connectivity index (χ2n) is 7.53. The predicted molar refractivity (Wildman–Crippen MR) is 118 cm³/mol. The summed E-state index contributed by atoms with van der Waals surface area (Å²) in [6, 6.07) is 8.54. The molecular weight excluding hydrogens is 434 g/mol. The number of aliphatic hydroxyl groups excluding tert-OH is 1. The molecule has 11 heteroatoms. The number of hydrogen-bond acceptors (Lipinski definition) is 8. The average molecular weight is 468 g/mol. The number of nitrogens with two attached hydrogens (primary N) is 1. The van der Waals surface area contributed by atoms with Gasteiger partial charge in [-0.2, -0.15) is 0 Å². The van der Waals surface area contributed by atoms with Crippen LogP contribution in [0.1, 0.15) is 25.8 Å². The fourth-order valence-electron chi connectivity index (χ4n) is 3.34. The van der Waals surface area contributed by atoms with E-state index in [2.05, 4.69) is 10.3 Å². The van der Waals surface area contributed by atoms with Gasteiger partial charge in [0.1, 0.15) is 31.0 Å². The van der Waals surface area contributed by atoms with Crippen LogP contribution in [-0.4, -0.2) is 84.9 Å². The number of nitrogens with zero attached hydrogens (tertiary/aromatic N) is 1. The molecule has 1 aromatic carbocycles. The average Bonchev–Trinajstić information content (AvgIpc) is 2.76. The van der Waals surface area contributed by atoms with Gasteiger partial charge in [-0.05, 0) is 19.4 Å². The lowest BCUT2D eigenvalue weighted by atomic mass is 9.96. The molecule has 33 heavy (non-hydrogen) atoms. The Morgan fingerprint density at radius 2 is 1.97 bits per heavy atom. The molecule has 5 atom stereocenters. The van der Waals surface area contributed by atoms with Crippen LogP contribution in [0.2, 0.25) is 0 Å². The van der Waals surface area contributed by atoms with Crippen LogP contribution in [0.15, 0.2) is 35.3 Å². The Bertz CT molecular complexity index is 772. The summed E-state index contributed by atoms with van der Waals surface area (Å²) in [4.78, 5) is 27.5. The summed E-state index contributed by atoms with van der Waals surface area (Å²) in [5.74, 6) is -1.25. The zero-order chi connectivity index (χ0) is 24.2. The summed E-state index contributed by atoms with van der Waals surface area (Å²) in [6.45, 7) is 3.45. The van der Waals surface area contributed by atoms with Gasteiger partial charge in [-0.3, -0.25) is 9.79 Å².